The standard InChI is InChI=1S/C13H13BrN2O2S2/c14-10-7-11(9-15-8-10)20(17,18)16-5-1-3-12(16)13-4-2-6-19-13/h2,4,6-9,12H,1,3,5H2. The van der Waals surface area contributed by atoms with Gasteiger partial charge in [0.05, 0.1) is 6.04 Å². The maximum absolute atomic E-state index is 12.8. The second-order valence-corrected chi connectivity index (χ2v) is 8.41. The van der Waals surface area contributed by atoms with Gasteiger partial charge < -0.3 is 0 Å². The minimum absolute atomic E-state index is 0.0426. The first kappa shape index (κ1) is 14.2. The molecule has 3 rings (SSSR count). The van der Waals surface area contributed by atoms with Crippen molar-refractivity contribution in [2.24, 2.45) is 0 Å². The number of thiophene rings is 1. The van der Waals surface area contributed by atoms with Gasteiger partial charge in [-0.3, -0.25) is 4.98 Å². The number of pyridine rings is 1. The van der Waals surface area contributed by atoms with Gasteiger partial charge in [-0.25, -0.2) is 8.42 Å². The summed E-state index contributed by atoms with van der Waals surface area (Å²) in [5.41, 5.74) is 0. The van der Waals surface area contributed by atoms with Crippen molar-refractivity contribution in [3.63, 3.8) is 0 Å². The van der Waals surface area contributed by atoms with E-state index in [0.29, 0.717) is 11.0 Å². The van der Waals surface area contributed by atoms with E-state index in [9.17, 15) is 8.42 Å². The summed E-state index contributed by atoms with van der Waals surface area (Å²) in [6.45, 7) is 0.567. The highest BCUT2D eigenvalue weighted by Crippen LogP contribution is 2.38. The number of hydrogen-bond acceptors (Lipinski definition) is 4. The lowest BCUT2D eigenvalue weighted by Gasteiger charge is -2.23. The summed E-state index contributed by atoms with van der Waals surface area (Å²) >= 11 is 4.88. The van der Waals surface area contributed by atoms with Gasteiger partial charge in [0.1, 0.15) is 4.90 Å². The van der Waals surface area contributed by atoms with Crippen LogP contribution < -0.4 is 0 Å². The van der Waals surface area contributed by atoms with Crippen LogP contribution in [0.25, 0.3) is 0 Å². The molecule has 20 heavy (non-hydrogen) atoms. The Bertz CT molecular complexity index is 701. The SMILES string of the molecule is O=S(=O)(c1cncc(Br)c1)N1CCCC1c1cccs1. The zero-order valence-electron chi connectivity index (χ0n) is 10.6. The van der Waals surface area contributed by atoms with Gasteiger partial charge in [0, 0.05) is 28.3 Å². The molecule has 0 bridgehead atoms. The Labute approximate surface area is 130 Å². The molecule has 4 nitrogen and oxygen atoms in total. The first-order valence-electron chi connectivity index (χ1n) is 6.25. The summed E-state index contributed by atoms with van der Waals surface area (Å²) in [4.78, 5) is 5.31. The van der Waals surface area contributed by atoms with Crippen molar-refractivity contribution in [2.45, 2.75) is 23.8 Å². The molecule has 0 spiro atoms. The lowest BCUT2D eigenvalue weighted by Crippen LogP contribution is -2.30. The van der Waals surface area contributed by atoms with Crippen LogP contribution in [0.15, 0.2) is 45.3 Å². The van der Waals surface area contributed by atoms with Crippen LogP contribution in [0.4, 0.5) is 0 Å². The summed E-state index contributed by atoms with van der Waals surface area (Å²) in [6.07, 6.45) is 4.76. The Balaban J connectivity index is 1.98. The van der Waals surface area contributed by atoms with Crippen LogP contribution in [0.3, 0.4) is 0 Å². The molecule has 0 aromatic carbocycles. The topological polar surface area (TPSA) is 50.3 Å². The number of sulfonamides is 1. The molecule has 3 heterocycles. The highest BCUT2D eigenvalue weighted by molar-refractivity contribution is 9.10. The van der Waals surface area contributed by atoms with E-state index in [0.717, 1.165) is 17.7 Å². The smallest absolute Gasteiger partial charge is 0.245 e. The molecule has 0 aliphatic carbocycles. The van der Waals surface area contributed by atoms with Gasteiger partial charge in [0.25, 0.3) is 0 Å². The van der Waals surface area contributed by atoms with E-state index in [1.165, 1.54) is 6.20 Å². The van der Waals surface area contributed by atoms with Gasteiger partial charge in [-0.15, -0.1) is 11.3 Å². The molecule has 1 atom stereocenters. The number of rotatable bonds is 3. The summed E-state index contributed by atoms with van der Waals surface area (Å²) in [5, 5.41) is 1.99. The molecule has 0 saturated carbocycles. The van der Waals surface area contributed by atoms with Crippen molar-refractivity contribution < 1.29 is 8.42 Å². The predicted octanol–water partition coefficient (Wildman–Crippen LogP) is 3.43. The Kier molecular flexibility index (Phi) is 3.94. The van der Waals surface area contributed by atoms with Crippen molar-refractivity contribution in [3.8, 4) is 0 Å². The molecule has 1 unspecified atom stereocenters. The number of hydrogen-bond donors (Lipinski definition) is 0. The van der Waals surface area contributed by atoms with Crippen LogP contribution in [0.2, 0.25) is 0 Å². The van der Waals surface area contributed by atoms with E-state index < -0.39 is 10.0 Å². The zero-order chi connectivity index (χ0) is 14.2. The van der Waals surface area contributed by atoms with Crippen molar-refractivity contribution in [1.82, 2.24) is 9.29 Å². The highest BCUT2D eigenvalue weighted by Gasteiger charge is 2.36. The third-order valence-electron chi connectivity index (χ3n) is 3.36. The molecule has 0 amide bonds. The molecule has 0 radical (unpaired) electrons. The summed E-state index contributed by atoms with van der Waals surface area (Å²) < 4.78 is 27.8. The van der Waals surface area contributed by atoms with E-state index in [2.05, 4.69) is 20.9 Å². The van der Waals surface area contributed by atoms with E-state index in [1.54, 1.807) is 27.9 Å². The maximum atomic E-state index is 12.8. The molecule has 106 valence electrons. The number of aromatic nitrogens is 1. The Hall–Kier alpha value is -0.760. The quantitative estimate of drug-likeness (QED) is 0.828. The van der Waals surface area contributed by atoms with Crippen LogP contribution in [-0.4, -0.2) is 24.3 Å². The van der Waals surface area contributed by atoms with Crippen LogP contribution in [0.1, 0.15) is 23.8 Å². The van der Waals surface area contributed by atoms with Crippen LogP contribution in [-0.2, 0) is 10.0 Å². The van der Waals surface area contributed by atoms with Crippen LogP contribution >= 0.6 is 27.3 Å². The Morgan fingerprint density at radius 2 is 2.25 bits per heavy atom. The Morgan fingerprint density at radius 3 is 2.95 bits per heavy atom. The average Bonchev–Trinajstić information content (AvgIpc) is 3.09. The summed E-state index contributed by atoms with van der Waals surface area (Å²) in [7, 11) is -3.49. The van der Waals surface area contributed by atoms with Crippen molar-refractivity contribution in [1.29, 1.82) is 0 Å². The highest BCUT2D eigenvalue weighted by atomic mass is 79.9. The third kappa shape index (κ3) is 2.55. The van der Waals surface area contributed by atoms with Crippen molar-refractivity contribution in [3.05, 3.63) is 45.3 Å². The first-order chi connectivity index (χ1) is 9.59. The fourth-order valence-corrected chi connectivity index (χ4v) is 5.58. The molecule has 2 aromatic rings. The largest absolute Gasteiger partial charge is 0.262 e. The Morgan fingerprint density at radius 1 is 1.40 bits per heavy atom. The molecule has 7 heteroatoms. The molecule has 1 saturated heterocycles. The maximum Gasteiger partial charge on any atom is 0.245 e. The summed E-state index contributed by atoms with van der Waals surface area (Å²) in [5.74, 6) is 0. The van der Waals surface area contributed by atoms with E-state index in [-0.39, 0.29) is 10.9 Å². The molecule has 1 aliphatic heterocycles. The minimum Gasteiger partial charge on any atom is -0.262 e. The predicted molar refractivity (Wildman–Crippen MR) is 82.1 cm³/mol. The van der Waals surface area contributed by atoms with Crippen LogP contribution in [0, 0.1) is 0 Å². The second-order valence-electron chi connectivity index (χ2n) is 4.63. The van der Waals surface area contributed by atoms with Crippen molar-refractivity contribution in [2.75, 3.05) is 6.54 Å². The average molecular weight is 373 g/mol. The van der Waals surface area contributed by atoms with Crippen LogP contribution in [0.5, 0.6) is 0 Å². The second kappa shape index (κ2) is 5.55. The van der Waals surface area contributed by atoms with E-state index in [4.69, 9.17) is 0 Å². The fourth-order valence-electron chi connectivity index (χ4n) is 2.46. The lowest BCUT2D eigenvalue weighted by molar-refractivity contribution is 0.401. The van der Waals surface area contributed by atoms with Crippen molar-refractivity contribution >= 4 is 37.3 Å². The monoisotopic (exact) mass is 372 g/mol. The summed E-state index contributed by atoms with van der Waals surface area (Å²) in [6, 6.07) is 5.53. The van der Waals surface area contributed by atoms with E-state index >= 15 is 0 Å². The molecular formula is C13H13BrN2O2S2. The van der Waals surface area contributed by atoms with E-state index in [1.807, 2.05) is 17.5 Å². The lowest BCUT2D eigenvalue weighted by atomic mass is 10.2. The molecular weight excluding hydrogens is 360 g/mol. The normalized spacial score (nSPS) is 20.4. The molecule has 1 fully saturated rings. The third-order valence-corrected chi connectivity index (χ3v) is 6.64. The van der Waals surface area contributed by atoms with Gasteiger partial charge in [-0.2, -0.15) is 4.31 Å². The molecule has 2 aromatic heterocycles. The van der Waals surface area contributed by atoms with Gasteiger partial charge in [0.15, 0.2) is 0 Å². The molecule has 1 aliphatic rings. The fraction of sp³-hybridized carbons (Fsp3) is 0.308. The zero-order valence-corrected chi connectivity index (χ0v) is 13.8. The number of nitrogens with zero attached hydrogens (tertiary/aromatic N) is 2. The molecule has 0 N–H and O–H groups in total. The van der Waals surface area contributed by atoms with Gasteiger partial charge in [-0.1, -0.05) is 6.07 Å². The number of halogens is 1. The van der Waals surface area contributed by atoms with Gasteiger partial charge >= 0.3 is 0 Å². The minimum atomic E-state index is -3.49. The van der Waals surface area contributed by atoms with Gasteiger partial charge in [0.2, 0.25) is 10.0 Å². The first-order valence-corrected chi connectivity index (χ1v) is 9.36. The van der Waals surface area contributed by atoms with Gasteiger partial charge in [-0.05, 0) is 46.3 Å².